The molecule has 1 atom stereocenters. The van der Waals surface area contributed by atoms with Crippen LogP contribution in [0.4, 0.5) is 10.5 Å². The lowest BCUT2D eigenvalue weighted by atomic mass is 10.1. The predicted octanol–water partition coefficient (Wildman–Crippen LogP) is 1.98. The van der Waals surface area contributed by atoms with E-state index in [1.54, 1.807) is 6.92 Å². The molecule has 1 aromatic carbocycles. The quantitative estimate of drug-likeness (QED) is 0.782. The van der Waals surface area contributed by atoms with Gasteiger partial charge >= 0.3 is 6.03 Å². The van der Waals surface area contributed by atoms with E-state index in [1.807, 2.05) is 31.3 Å². The van der Waals surface area contributed by atoms with Crippen molar-refractivity contribution in [3.05, 3.63) is 41.5 Å². The minimum Gasteiger partial charge on any atom is -0.337 e. The van der Waals surface area contributed by atoms with E-state index in [4.69, 9.17) is 4.52 Å². The second-order valence-corrected chi connectivity index (χ2v) is 4.68. The van der Waals surface area contributed by atoms with Crippen LogP contribution in [0.15, 0.2) is 28.8 Å². The minimum absolute atomic E-state index is 0.194. The zero-order valence-electron chi connectivity index (χ0n) is 12.3. The molecule has 0 radical (unpaired) electrons. The number of nitrogens with one attached hydrogen (secondary N) is 3. The third-order valence-corrected chi connectivity index (χ3v) is 3.05. The molecule has 7 heteroatoms. The molecular weight excluding hydrogens is 270 g/mol. The van der Waals surface area contributed by atoms with Gasteiger partial charge in [0.15, 0.2) is 5.82 Å². The highest BCUT2D eigenvalue weighted by atomic mass is 16.5. The molecule has 112 valence electrons. The van der Waals surface area contributed by atoms with Crippen LogP contribution in [0, 0.1) is 6.92 Å². The fourth-order valence-electron chi connectivity index (χ4n) is 1.80. The van der Waals surface area contributed by atoms with Crippen molar-refractivity contribution in [1.29, 1.82) is 0 Å². The van der Waals surface area contributed by atoms with Crippen molar-refractivity contribution in [3.8, 4) is 0 Å². The molecule has 0 spiro atoms. The van der Waals surface area contributed by atoms with E-state index >= 15 is 0 Å². The molecule has 0 saturated heterocycles. The van der Waals surface area contributed by atoms with E-state index in [2.05, 4.69) is 33.0 Å². The molecule has 0 bridgehead atoms. The monoisotopic (exact) mass is 289 g/mol. The summed E-state index contributed by atoms with van der Waals surface area (Å²) in [7, 11) is 1.89. The summed E-state index contributed by atoms with van der Waals surface area (Å²) >= 11 is 0. The normalized spacial score (nSPS) is 12.0. The number of aryl methyl sites for hydroxylation is 1. The maximum atomic E-state index is 11.8. The first-order valence-electron chi connectivity index (χ1n) is 6.69. The van der Waals surface area contributed by atoms with Crippen LogP contribution in [0.1, 0.15) is 30.2 Å². The van der Waals surface area contributed by atoms with Crippen molar-refractivity contribution >= 4 is 11.7 Å². The number of aromatic nitrogens is 2. The van der Waals surface area contributed by atoms with Gasteiger partial charge in [-0.3, -0.25) is 0 Å². The fourth-order valence-corrected chi connectivity index (χ4v) is 1.80. The van der Waals surface area contributed by atoms with Crippen molar-refractivity contribution in [2.45, 2.75) is 26.4 Å². The molecule has 1 heterocycles. The third kappa shape index (κ3) is 4.28. The molecule has 2 amide bonds. The first-order valence-corrected chi connectivity index (χ1v) is 6.69. The van der Waals surface area contributed by atoms with E-state index in [1.165, 1.54) is 0 Å². The largest absolute Gasteiger partial charge is 0.337 e. The number of rotatable bonds is 5. The molecule has 0 fully saturated rings. The van der Waals surface area contributed by atoms with Crippen LogP contribution in [0.25, 0.3) is 0 Å². The summed E-state index contributed by atoms with van der Waals surface area (Å²) in [6.45, 7) is 3.97. The van der Waals surface area contributed by atoms with Gasteiger partial charge in [-0.1, -0.05) is 17.3 Å². The van der Waals surface area contributed by atoms with E-state index in [0.29, 0.717) is 11.7 Å². The topological polar surface area (TPSA) is 92.1 Å². The van der Waals surface area contributed by atoms with E-state index < -0.39 is 0 Å². The number of hydrogen-bond acceptors (Lipinski definition) is 5. The van der Waals surface area contributed by atoms with Gasteiger partial charge in [-0.25, -0.2) is 4.79 Å². The van der Waals surface area contributed by atoms with E-state index in [0.717, 1.165) is 11.3 Å². The van der Waals surface area contributed by atoms with E-state index in [-0.39, 0.29) is 18.6 Å². The van der Waals surface area contributed by atoms with Gasteiger partial charge in [0.2, 0.25) is 5.89 Å². The zero-order valence-corrected chi connectivity index (χ0v) is 12.3. The molecule has 2 rings (SSSR count). The Kier molecular flexibility index (Phi) is 4.89. The highest BCUT2D eigenvalue weighted by Crippen LogP contribution is 2.16. The summed E-state index contributed by atoms with van der Waals surface area (Å²) in [5, 5.41) is 12.2. The SMILES string of the molecule is CNC(C)c1cccc(NC(=O)NCc2nc(C)no2)c1. The number of amides is 2. The Morgan fingerprint density at radius 1 is 1.43 bits per heavy atom. The standard InChI is InChI=1S/C14H19N5O2/c1-9(15-3)11-5-4-6-12(7-11)18-14(20)16-8-13-17-10(2)19-21-13/h4-7,9,15H,8H2,1-3H3,(H2,16,18,20). The number of carbonyl (C=O) groups is 1. The van der Waals surface area contributed by atoms with Crippen LogP contribution in [0.2, 0.25) is 0 Å². The van der Waals surface area contributed by atoms with Gasteiger partial charge in [-0.05, 0) is 38.6 Å². The van der Waals surface area contributed by atoms with Gasteiger partial charge in [0.1, 0.15) is 0 Å². The van der Waals surface area contributed by atoms with Crippen LogP contribution in [-0.2, 0) is 6.54 Å². The van der Waals surface area contributed by atoms with Crippen molar-refractivity contribution < 1.29 is 9.32 Å². The van der Waals surface area contributed by atoms with E-state index in [9.17, 15) is 4.79 Å². The molecule has 3 N–H and O–H groups in total. The Morgan fingerprint density at radius 2 is 2.24 bits per heavy atom. The highest BCUT2D eigenvalue weighted by molar-refractivity contribution is 5.89. The van der Waals surface area contributed by atoms with Gasteiger partial charge < -0.3 is 20.5 Å². The first kappa shape index (κ1) is 15.0. The van der Waals surface area contributed by atoms with Gasteiger partial charge in [-0.15, -0.1) is 0 Å². The van der Waals surface area contributed by atoms with Gasteiger partial charge in [0.25, 0.3) is 0 Å². The number of carbonyl (C=O) groups excluding carboxylic acids is 1. The maximum absolute atomic E-state index is 11.8. The second kappa shape index (κ2) is 6.85. The van der Waals surface area contributed by atoms with Crippen molar-refractivity contribution in [2.75, 3.05) is 12.4 Å². The lowest BCUT2D eigenvalue weighted by molar-refractivity contribution is 0.249. The summed E-state index contributed by atoms with van der Waals surface area (Å²) in [5.41, 5.74) is 1.83. The van der Waals surface area contributed by atoms with Crippen molar-refractivity contribution in [3.63, 3.8) is 0 Å². The Hall–Kier alpha value is -2.41. The van der Waals surface area contributed by atoms with Gasteiger partial charge in [0.05, 0.1) is 6.54 Å². The van der Waals surface area contributed by atoms with Crippen LogP contribution >= 0.6 is 0 Å². The average molecular weight is 289 g/mol. The molecular formula is C14H19N5O2. The summed E-state index contributed by atoms with van der Waals surface area (Å²) in [6, 6.07) is 7.57. The Balaban J connectivity index is 1.90. The highest BCUT2D eigenvalue weighted by Gasteiger charge is 2.07. The lowest BCUT2D eigenvalue weighted by Crippen LogP contribution is -2.28. The van der Waals surface area contributed by atoms with Crippen LogP contribution in [0.3, 0.4) is 0 Å². The van der Waals surface area contributed by atoms with Gasteiger partial charge in [0, 0.05) is 11.7 Å². The van der Waals surface area contributed by atoms with Crippen molar-refractivity contribution in [2.24, 2.45) is 0 Å². The number of benzene rings is 1. The maximum Gasteiger partial charge on any atom is 0.319 e. The number of hydrogen-bond donors (Lipinski definition) is 3. The van der Waals surface area contributed by atoms with Crippen LogP contribution < -0.4 is 16.0 Å². The Labute approximate surface area is 123 Å². The molecule has 0 aliphatic heterocycles. The smallest absolute Gasteiger partial charge is 0.319 e. The van der Waals surface area contributed by atoms with Crippen LogP contribution in [-0.4, -0.2) is 23.2 Å². The lowest BCUT2D eigenvalue weighted by Gasteiger charge is -2.12. The molecule has 7 nitrogen and oxygen atoms in total. The number of urea groups is 1. The Bertz CT molecular complexity index is 611. The summed E-state index contributed by atoms with van der Waals surface area (Å²) in [6.07, 6.45) is 0. The second-order valence-electron chi connectivity index (χ2n) is 4.68. The molecule has 1 aromatic heterocycles. The summed E-state index contributed by atoms with van der Waals surface area (Å²) < 4.78 is 4.92. The molecule has 0 saturated carbocycles. The predicted molar refractivity (Wildman–Crippen MR) is 78.8 cm³/mol. The average Bonchev–Trinajstić information content (AvgIpc) is 2.90. The molecule has 1 unspecified atom stereocenters. The minimum atomic E-state index is -0.319. The third-order valence-electron chi connectivity index (χ3n) is 3.05. The number of anilines is 1. The number of nitrogens with zero attached hydrogens (tertiary/aromatic N) is 2. The molecule has 2 aromatic rings. The van der Waals surface area contributed by atoms with Crippen LogP contribution in [0.5, 0.6) is 0 Å². The van der Waals surface area contributed by atoms with Gasteiger partial charge in [-0.2, -0.15) is 4.98 Å². The Morgan fingerprint density at radius 3 is 2.90 bits per heavy atom. The summed E-state index contributed by atoms with van der Waals surface area (Å²) in [4.78, 5) is 15.8. The zero-order chi connectivity index (χ0) is 15.2. The first-order chi connectivity index (χ1) is 10.1. The molecule has 0 aliphatic rings. The van der Waals surface area contributed by atoms with Crippen molar-refractivity contribution in [1.82, 2.24) is 20.8 Å². The molecule has 21 heavy (non-hydrogen) atoms. The molecule has 0 aliphatic carbocycles. The fraction of sp³-hybridized carbons (Fsp3) is 0.357. The summed E-state index contributed by atoms with van der Waals surface area (Å²) in [5.74, 6) is 0.918.